The molecule has 8 nitrogen and oxygen atoms in total. The molecule has 0 aliphatic heterocycles. The Balaban J connectivity index is 2.25. The van der Waals surface area contributed by atoms with Crippen LogP contribution in [-0.2, 0) is 10.0 Å². The summed E-state index contributed by atoms with van der Waals surface area (Å²) in [6, 6.07) is 9.13. The number of benzene rings is 2. The van der Waals surface area contributed by atoms with Crippen molar-refractivity contribution < 1.29 is 23.4 Å². The second-order valence-corrected chi connectivity index (χ2v) is 5.81. The fraction of sp³-hybridized carbons (Fsp3) is 0. The average molecular weight is 321 g/mol. The van der Waals surface area contributed by atoms with E-state index in [1.807, 2.05) is 0 Å². The van der Waals surface area contributed by atoms with E-state index in [1.54, 1.807) is 0 Å². The molecular formula is C13H11N3O5S. The standard InChI is InChI=1S/C13H11N3O5S/c14-22(20,21)10-4-1-8(2-5-10)15-16-9-3-6-12(17)11(7-9)13(18)19/h1-7,17H,(H,18,19)(H2,14,20,21)/b16-15+. The van der Waals surface area contributed by atoms with Crippen molar-refractivity contribution in [1.29, 1.82) is 0 Å². The van der Waals surface area contributed by atoms with E-state index in [4.69, 9.17) is 10.2 Å². The molecule has 0 heterocycles. The summed E-state index contributed by atoms with van der Waals surface area (Å²) in [4.78, 5) is 10.8. The predicted molar refractivity (Wildman–Crippen MR) is 77.1 cm³/mol. The molecule has 114 valence electrons. The Kier molecular flexibility index (Phi) is 4.20. The van der Waals surface area contributed by atoms with Gasteiger partial charge in [0.25, 0.3) is 0 Å². The molecule has 0 unspecified atom stereocenters. The summed E-state index contributed by atoms with van der Waals surface area (Å²) in [6.45, 7) is 0. The van der Waals surface area contributed by atoms with Gasteiger partial charge in [-0.25, -0.2) is 18.4 Å². The molecule has 9 heteroatoms. The Morgan fingerprint density at radius 1 is 1.00 bits per heavy atom. The Morgan fingerprint density at radius 2 is 1.55 bits per heavy atom. The van der Waals surface area contributed by atoms with Gasteiger partial charge in [0.1, 0.15) is 11.3 Å². The topological polar surface area (TPSA) is 142 Å². The van der Waals surface area contributed by atoms with Gasteiger partial charge in [0.2, 0.25) is 10.0 Å². The summed E-state index contributed by atoms with van der Waals surface area (Å²) in [5.41, 5.74) is 0.295. The number of primary sulfonamides is 1. The van der Waals surface area contributed by atoms with Gasteiger partial charge < -0.3 is 10.2 Å². The number of carbonyl (C=O) groups is 1. The number of nitrogens with zero attached hydrogens (tertiary/aromatic N) is 2. The minimum Gasteiger partial charge on any atom is -0.507 e. The lowest BCUT2D eigenvalue weighted by Gasteiger charge is -2.00. The zero-order valence-electron chi connectivity index (χ0n) is 11.0. The van der Waals surface area contributed by atoms with Gasteiger partial charge in [-0.2, -0.15) is 10.2 Å². The molecule has 2 rings (SSSR count). The van der Waals surface area contributed by atoms with Crippen molar-refractivity contribution in [2.45, 2.75) is 4.90 Å². The maximum atomic E-state index is 11.1. The largest absolute Gasteiger partial charge is 0.507 e. The average Bonchev–Trinajstić information content (AvgIpc) is 2.45. The number of aromatic carboxylic acids is 1. The van der Waals surface area contributed by atoms with Crippen molar-refractivity contribution in [3.8, 4) is 5.75 Å². The number of hydrogen-bond acceptors (Lipinski definition) is 6. The highest BCUT2D eigenvalue weighted by atomic mass is 32.2. The molecule has 0 bridgehead atoms. The first kappa shape index (κ1) is 15.6. The SMILES string of the molecule is NS(=O)(=O)c1ccc(/N=N/c2ccc(O)c(C(=O)O)c2)cc1. The minimum absolute atomic E-state index is 0.0516. The third-order valence-corrected chi connectivity index (χ3v) is 3.59. The minimum atomic E-state index is -3.77. The van der Waals surface area contributed by atoms with E-state index in [0.717, 1.165) is 0 Å². The third-order valence-electron chi connectivity index (χ3n) is 2.66. The van der Waals surface area contributed by atoms with Gasteiger partial charge in [0.05, 0.1) is 16.3 Å². The molecular weight excluding hydrogens is 310 g/mol. The molecule has 0 radical (unpaired) electrons. The van der Waals surface area contributed by atoms with E-state index < -0.39 is 16.0 Å². The van der Waals surface area contributed by atoms with Crippen molar-refractivity contribution in [2.24, 2.45) is 15.4 Å². The Labute approximate surface area is 125 Å². The number of phenols is 1. The molecule has 0 amide bonds. The van der Waals surface area contributed by atoms with E-state index in [2.05, 4.69) is 10.2 Å². The van der Waals surface area contributed by atoms with Gasteiger partial charge in [-0.3, -0.25) is 0 Å². The second-order valence-electron chi connectivity index (χ2n) is 4.25. The Bertz CT molecular complexity index is 844. The monoisotopic (exact) mass is 321 g/mol. The maximum Gasteiger partial charge on any atom is 0.339 e. The summed E-state index contributed by atoms with van der Waals surface area (Å²) in [5, 5.41) is 30.9. The quantitative estimate of drug-likeness (QED) is 0.739. The van der Waals surface area contributed by atoms with E-state index >= 15 is 0 Å². The van der Waals surface area contributed by atoms with Crippen LogP contribution in [0.15, 0.2) is 57.6 Å². The van der Waals surface area contributed by atoms with Gasteiger partial charge in [-0.15, -0.1) is 0 Å². The summed E-state index contributed by atoms with van der Waals surface area (Å²) in [6.07, 6.45) is 0. The van der Waals surface area contributed by atoms with Crippen LogP contribution in [0.5, 0.6) is 5.75 Å². The zero-order valence-corrected chi connectivity index (χ0v) is 11.9. The maximum absolute atomic E-state index is 11.1. The number of carboxylic acid groups (broad SMARTS) is 1. The Hall–Kier alpha value is -2.78. The molecule has 2 aromatic carbocycles. The molecule has 22 heavy (non-hydrogen) atoms. The van der Waals surface area contributed by atoms with E-state index in [0.29, 0.717) is 5.69 Å². The number of sulfonamides is 1. The molecule has 0 spiro atoms. The fourth-order valence-electron chi connectivity index (χ4n) is 1.58. The van der Waals surface area contributed by atoms with Crippen LogP contribution in [0.1, 0.15) is 10.4 Å². The van der Waals surface area contributed by atoms with Crippen LogP contribution in [0.4, 0.5) is 11.4 Å². The van der Waals surface area contributed by atoms with E-state index in [1.165, 1.54) is 42.5 Å². The van der Waals surface area contributed by atoms with Crippen molar-refractivity contribution in [3.63, 3.8) is 0 Å². The van der Waals surface area contributed by atoms with Gasteiger partial charge in [-0.1, -0.05) is 0 Å². The van der Waals surface area contributed by atoms with Gasteiger partial charge in [0, 0.05) is 0 Å². The lowest BCUT2D eigenvalue weighted by molar-refractivity contribution is 0.0693. The van der Waals surface area contributed by atoms with Gasteiger partial charge in [-0.05, 0) is 42.5 Å². The van der Waals surface area contributed by atoms with Gasteiger partial charge >= 0.3 is 5.97 Å². The first-order chi connectivity index (χ1) is 10.3. The molecule has 0 fully saturated rings. The van der Waals surface area contributed by atoms with E-state index in [-0.39, 0.29) is 21.9 Å². The zero-order chi connectivity index (χ0) is 16.3. The van der Waals surface area contributed by atoms with Crippen molar-refractivity contribution in [2.75, 3.05) is 0 Å². The molecule has 0 aromatic heterocycles. The molecule has 0 aliphatic carbocycles. The Morgan fingerprint density at radius 3 is 2.09 bits per heavy atom. The third kappa shape index (κ3) is 3.65. The van der Waals surface area contributed by atoms with Crippen molar-refractivity contribution in [1.82, 2.24) is 0 Å². The van der Waals surface area contributed by atoms with Crippen molar-refractivity contribution in [3.05, 3.63) is 48.0 Å². The number of hydrogen-bond donors (Lipinski definition) is 3. The number of nitrogens with two attached hydrogens (primary N) is 1. The second kappa shape index (κ2) is 5.92. The summed E-state index contributed by atoms with van der Waals surface area (Å²) in [5.74, 6) is -1.66. The van der Waals surface area contributed by atoms with Crippen LogP contribution in [0.25, 0.3) is 0 Å². The number of aromatic hydroxyl groups is 1. The predicted octanol–water partition coefficient (Wildman–Crippen LogP) is 2.15. The van der Waals surface area contributed by atoms with Crippen LogP contribution in [0, 0.1) is 0 Å². The highest BCUT2D eigenvalue weighted by molar-refractivity contribution is 7.89. The molecule has 0 saturated carbocycles. The van der Waals surface area contributed by atoms with Crippen LogP contribution in [-0.4, -0.2) is 24.6 Å². The molecule has 2 aromatic rings. The summed E-state index contributed by atoms with van der Waals surface area (Å²) in [7, 11) is -3.77. The first-order valence-electron chi connectivity index (χ1n) is 5.88. The number of carboxylic acids is 1. The highest BCUT2D eigenvalue weighted by Gasteiger charge is 2.10. The molecule has 0 atom stereocenters. The molecule has 0 aliphatic rings. The smallest absolute Gasteiger partial charge is 0.339 e. The highest BCUT2D eigenvalue weighted by Crippen LogP contribution is 2.25. The number of azo groups is 1. The molecule has 0 saturated heterocycles. The summed E-state index contributed by atoms with van der Waals surface area (Å²) < 4.78 is 22.2. The van der Waals surface area contributed by atoms with Crippen LogP contribution >= 0.6 is 0 Å². The number of rotatable bonds is 4. The molecule has 4 N–H and O–H groups in total. The lowest BCUT2D eigenvalue weighted by Crippen LogP contribution is -2.11. The van der Waals surface area contributed by atoms with E-state index in [9.17, 15) is 18.3 Å². The van der Waals surface area contributed by atoms with Gasteiger partial charge in [0.15, 0.2) is 0 Å². The van der Waals surface area contributed by atoms with Crippen molar-refractivity contribution >= 4 is 27.4 Å². The summed E-state index contributed by atoms with van der Waals surface area (Å²) >= 11 is 0. The van der Waals surface area contributed by atoms with Crippen LogP contribution in [0.3, 0.4) is 0 Å². The first-order valence-corrected chi connectivity index (χ1v) is 7.43. The lowest BCUT2D eigenvalue weighted by atomic mass is 10.2. The van der Waals surface area contributed by atoms with Crippen LogP contribution < -0.4 is 5.14 Å². The fourth-order valence-corrected chi connectivity index (χ4v) is 2.09. The normalized spacial score (nSPS) is 11.7. The van der Waals surface area contributed by atoms with Crippen LogP contribution in [0.2, 0.25) is 0 Å².